The molecule has 2 heterocycles. The fraction of sp³-hybridized carbons (Fsp3) is 0.364. The van der Waals surface area contributed by atoms with E-state index in [2.05, 4.69) is 37.0 Å². The number of likely N-dealkylation sites (N-methyl/N-ethyl adjacent to an activating group) is 1. The quantitative estimate of drug-likeness (QED) is 0.822. The van der Waals surface area contributed by atoms with Crippen molar-refractivity contribution in [2.45, 2.75) is 26.3 Å². The average Bonchev–Trinajstić information content (AvgIpc) is 2.90. The van der Waals surface area contributed by atoms with Gasteiger partial charge in [-0.15, -0.1) is 0 Å². The molecule has 2 aliphatic carbocycles. The van der Waals surface area contributed by atoms with Crippen LogP contribution in [0.15, 0.2) is 56.0 Å². The largest absolute Gasteiger partial charge is 0.441 e. The molecule has 0 N–H and O–H groups in total. The predicted octanol–water partition coefficient (Wildman–Crippen LogP) is 3.05. The zero-order chi connectivity index (χ0) is 20.0. The van der Waals surface area contributed by atoms with Gasteiger partial charge in [0.2, 0.25) is 5.71 Å². The number of rotatable bonds is 3. The Morgan fingerprint density at radius 3 is 2.54 bits per heavy atom. The summed E-state index contributed by atoms with van der Waals surface area (Å²) in [4.78, 5) is 27.8. The molecule has 2 aromatic heterocycles. The van der Waals surface area contributed by atoms with Crippen LogP contribution in [-0.2, 0) is 14.1 Å². The maximum atomic E-state index is 13.1. The minimum absolute atomic E-state index is 0.109. The van der Waals surface area contributed by atoms with Crippen molar-refractivity contribution in [2.24, 2.45) is 14.1 Å². The molecule has 6 nitrogen and oxygen atoms in total. The highest BCUT2D eigenvalue weighted by Gasteiger charge is 2.31. The van der Waals surface area contributed by atoms with Crippen molar-refractivity contribution < 1.29 is 4.42 Å². The maximum absolute atomic E-state index is 13.1. The molecule has 2 aliphatic rings. The predicted molar refractivity (Wildman–Crippen MR) is 111 cm³/mol. The number of furan rings is 1. The monoisotopic (exact) mass is 379 g/mol. The minimum atomic E-state index is -0.385. The van der Waals surface area contributed by atoms with Crippen molar-refractivity contribution >= 4 is 16.7 Å². The number of hydrogen-bond donors (Lipinski definition) is 0. The smallest absolute Gasteiger partial charge is 0.333 e. The first-order valence-electron chi connectivity index (χ1n) is 9.69. The van der Waals surface area contributed by atoms with E-state index in [0.717, 1.165) is 34.6 Å². The van der Waals surface area contributed by atoms with Gasteiger partial charge in [-0.1, -0.05) is 50.3 Å². The van der Waals surface area contributed by atoms with Crippen LogP contribution < -0.4 is 11.2 Å². The van der Waals surface area contributed by atoms with Gasteiger partial charge < -0.3 is 4.42 Å². The van der Waals surface area contributed by atoms with Gasteiger partial charge in [-0.3, -0.25) is 18.8 Å². The molecular weight excluding hydrogens is 354 g/mol. The number of allylic oxidation sites excluding steroid dienone is 7. The topological polar surface area (TPSA) is 60.4 Å². The van der Waals surface area contributed by atoms with Gasteiger partial charge in [-0.05, 0) is 30.7 Å². The number of nitrogens with zero attached hydrogens (tertiary/aromatic N) is 3. The van der Waals surface area contributed by atoms with Crippen LogP contribution in [-0.4, -0.2) is 27.1 Å². The summed E-state index contributed by atoms with van der Waals surface area (Å²) in [5, 5.41) is 0.480. The van der Waals surface area contributed by atoms with Crippen LogP contribution in [0.3, 0.4) is 0 Å². The molecule has 146 valence electrons. The van der Waals surface area contributed by atoms with Crippen LogP contribution in [0, 0.1) is 0 Å². The molecule has 0 spiro atoms. The van der Waals surface area contributed by atoms with E-state index in [9.17, 15) is 9.59 Å². The second-order valence-corrected chi connectivity index (χ2v) is 7.25. The second-order valence-electron chi connectivity index (χ2n) is 7.25. The molecule has 0 fully saturated rings. The highest BCUT2D eigenvalue weighted by atomic mass is 16.4. The van der Waals surface area contributed by atoms with Crippen molar-refractivity contribution in [1.82, 2.24) is 14.0 Å². The summed E-state index contributed by atoms with van der Waals surface area (Å²) < 4.78 is 8.86. The van der Waals surface area contributed by atoms with E-state index in [-0.39, 0.29) is 17.3 Å². The van der Waals surface area contributed by atoms with Crippen LogP contribution in [0.1, 0.15) is 37.6 Å². The number of hydrogen-bond acceptors (Lipinski definition) is 4. The van der Waals surface area contributed by atoms with Crippen molar-refractivity contribution in [3.05, 3.63) is 74.2 Å². The van der Waals surface area contributed by atoms with Crippen molar-refractivity contribution in [2.75, 3.05) is 13.1 Å². The first-order chi connectivity index (χ1) is 13.5. The lowest BCUT2D eigenvalue weighted by Crippen LogP contribution is -2.36. The third kappa shape index (κ3) is 2.67. The van der Waals surface area contributed by atoms with Crippen molar-refractivity contribution in [3.63, 3.8) is 0 Å². The van der Waals surface area contributed by atoms with Gasteiger partial charge in [0, 0.05) is 19.7 Å². The fourth-order valence-corrected chi connectivity index (χ4v) is 4.15. The van der Waals surface area contributed by atoms with Gasteiger partial charge in [0.05, 0.1) is 6.04 Å². The highest BCUT2D eigenvalue weighted by molar-refractivity contribution is 5.92. The third-order valence-electron chi connectivity index (χ3n) is 5.72. The molecule has 6 heteroatoms. The van der Waals surface area contributed by atoms with E-state index < -0.39 is 0 Å². The molecule has 1 atom stereocenters. The molecule has 2 aromatic rings. The lowest BCUT2D eigenvalue weighted by atomic mass is 9.91. The number of aryl methyl sites for hydroxylation is 1. The Balaban J connectivity index is 2.16. The summed E-state index contributed by atoms with van der Waals surface area (Å²) in [6, 6.07) is -0.109. The Morgan fingerprint density at radius 2 is 1.82 bits per heavy atom. The van der Waals surface area contributed by atoms with Crippen LogP contribution in [0.25, 0.3) is 16.7 Å². The number of aromatic nitrogens is 2. The molecule has 0 saturated carbocycles. The molecule has 0 aromatic carbocycles. The summed E-state index contributed by atoms with van der Waals surface area (Å²) in [6.45, 7) is 5.91. The molecule has 0 amide bonds. The van der Waals surface area contributed by atoms with E-state index in [1.807, 2.05) is 18.2 Å². The molecule has 0 saturated heterocycles. The Kier molecular flexibility index (Phi) is 4.59. The van der Waals surface area contributed by atoms with E-state index in [1.54, 1.807) is 7.05 Å². The van der Waals surface area contributed by atoms with E-state index in [1.165, 1.54) is 17.2 Å². The standard InChI is InChI=1S/C22H25N3O3/c1-5-25(6-2)16-12-11-14-9-7-8-10-15(13-14)17-18-20(26)23(3)22(27)24(4)21(18)28-19(16)17/h7-12,16H,5-6,13H2,1-4H3/b12-11-. The third-order valence-corrected chi connectivity index (χ3v) is 5.72. The van der Waals surface area contributed by atoms with Crippen molar-refractivity contribution in [1.29, 1.82) is 0 Å². The zero-order valence-electron chi connectivity index (χ0n) is 16.7. The van der Waals surface area contributed by atoms with E-state index >= 15 is 0 Å². The second kappa shape index (κ2) is 6.95. The normalized spacial score (nSPS) is 19.7. The fourth-order valence-electron chi connectivity index (χ4n) is 4.15. The highest BCUT2D eigenvalue weighted by Crippen LogP contribution is 2.40. The van der Waals surface area contributed by atoms with Gasteiger partial charge in [0.25, 0.3) is 5.56 Å². The zero-order valence-corrected chi connectivity index (χ0v) is 16.7. The van der Waals surface area contributed by atoms with Gasteiger partial charge in [-0.2, -0.15) is 0 Å². The summed E-state index contributed by atoms with van der Waals surface area (Å²) in [6.07, 6.45) is 13.1. The summed E-state index contributed by atoms with van der Waals surface area (Å²) >= 11 is 0. The summed E-state index contributed by atoms with van der Waals surface area (Å²) in [5.74, 6) is 0.730. The Morgan fingerprint density at radius 1 is 1.11 bits per heavy atom. The van der Waals surface area contributed by atoms with E-state index in [0.29, 0.717) is 17.5 Å². The molecule has 28 heavy (non-hydrogen) atoms. The molecular formula is C22H25N3O3. The SMILES string of the molecule is CCN(CC)C1/C=C\C2=CC=CC=C(C2)c2c1oc1c2c(=O)n(C)c(=O)n1C. The first kappa shape index (κ1) is 18.5. The van der Waals surface area contributed by atoms with Crippen LogP contribution in [0.5, 0.6) is 0 Å². The first-order valence-corrected chi connectivity index (χ1v) is 9.69. The number of fused-ring (bicyclic) bond motifs is 6. The van der Waals surface area contributed by atoms with Crippen molar-refractivity contribution in [3.8, 4) is 0 Å². The molecule has 0 aliphatic heterocycles. The minimum Gasteiger partial charge on any atom is -0.441 e. The Labute approximate surface area is 163 Å². The lowest BCUT2D eigenvalue weighted by Gasteiger charge is -2.28. The van der Waals surface area contributed by atoms with Gasteiger partial charge in [0.1, 0.15) is 11.1 Å². The van der Waals surface area contributed by atoms with Gasteiger partial charge in [-0.25, -0.2) is 4.79 Å². The Hall–Kier alpha value is -2.86. The van der Waals surface area contributed by atoms with Gasteiger partial charge >= 0.3 is 5.69 Å². The molecule has 1 unspecified atom stereocenters. The Bertz CT molecular complexity index is 1180. The molecule has 2 bridgehead atoms. The van der Waals surface area contributed by atoms with Gasteiger partial charge in [0.15, 0.2) is 0 Å². The van der Waals surface area contributed by atoms with Crippen LogP contribution in [0.2, 0.25) is 0 Å². The summed E-state index contributed by atoms with van der Waals surface area (Å²) in [5.41, 5.74) is 2.68. The molecule has 4 rings (SSSR count). The molecule has 0 radical (unpaired) electrons. The average molecular weight is 379 g/mol. The van der Waals surface area contributed by atoms with E-state index in [4.69, 9.17) is 4.42 Å². The van der Waals surface area contributed by atoms with Crippen LogP contribution in [0.4, 0.5) is 0 Å². The maximum Gasteiger partial charge on any atom is 0.333 e. The summed E-state index contributed by atoms with van der Waals surface area (Å²) in [7, 11) is 3.16. The lowest BCUT2D eigenvalue weighted by molar-refractivity contribution is 0.231. The van der Waals surface area contributed by atoms with Crippen LogP contribution >= 0.6 is 0 Å².